The summed E-state index contributed by atoms with van der Waals surface area (Å²) in [6.07, 6.45) is 2.94. The molecule has 1 atom stereocenters. The lowest BCUT2D eigenvalue weighted by atomic mass is 10.0. The number of nitrogens with zero attached hydrogens (tertiary/aromatic N) is 2. The molecule has 1 aromatic heterocycles. The van der Waals surface area contributed by atoms with Gasteiger partial charge in [0.15, 0.2) is 4.84 Å². The number of aromatic nitrogens is 1. The number of benzene rings is 1. The SMILES string of the molecule is Cc1ccc(C2c3cccn3CCCN2C(=O)C(Cl)Cl)cc1. The number of hydrogen-bond acceptors (Lipinski definition) is 1. The molecule has 0 N–H and O–H groups in total. The highest BCUT2D eigenvalue weighted by Gasteiger charge is 2.32. The van der Waals surface area contributed by atoms with Crippen molar-refractivity contribution in [2.24, 2.45) is 0 Å². The fourth-order valence-corrected chi connectivity index (χ4v) is 3.29. The third-order valence-corrected chi connectivity index (χ3v) is 4.49. The number of amides is 1. The van der Waals surface area contributed by atoms with Crippen LogP contribution in [0.5, 0.6) is 0 Å². The van der Waals surface area contributed by atoms with Crippen LogP contribution in [0.25, 0.3) is 0 Å². The van der Waals surface area contributed by atoms with Crippen LogP contribution in [0.1, 0.15) is 29.3 Å². The number of aryl methyl sites for hydroxylation is 2. The zero-order chi connectivity index (χ0) is 15.7. The number of alkyl halides is 2. The second-order valence-corrected chi connectivity index (χ2v) is 6.72. The van der Waals surface area contributed by atoms with Gasteiger partial charge in [-0.2, -0.15) is 0 Å². The summed E-state index contributed by atoms with van der Waals surface area (Å²) in [5.41, 5.74) is 3.37. The van der Waals surface area contributed by atoms with Gasteiger partial charge in [-0.15, -0.1) is 0 Å². The van der Waals surface area contributed by atoms with Crippen LogP contribution in [-0.2, 0) is 11.3 Å². The number of carbonyl (C=O) groups is 1. The lowest BCUT2D eigenvalue weighted by Gasteiger charge is -2.31. The van der Waals surface area contributed by atoms with Crippen LogP contribution in [0.15, 0.2) is 42.6 Å². The third kappa shape index (κ3) is 2.88. The fourth-order valence-electron chi connectivity index (χ4n) is 3.04. The van der Waals surface area contributed by atoms with E-state index in [0.717, 1.165) is 24.2 Å². The molecule has 1 aliphatic heterocycles. The standard InChI is InChI=1S/C17H18Cl2N2O/c1-12-5-7-13(8-6-12)15-14-4-2-9-20(14)10-3-11-21(15)17(22)16(18)19/h2,4-9,15-16H,3,10-11H2,1H3. The Kier molecular flexibility index (Phi) is 4.46. The fraction of sp³-hybridized carbons (Fsp3) is 0.353. The van der Waals surface area contributed by atoms with Gasteiger partial charge in [0.25, 0.3) is 5.91 Å². The van der Waals surface area contributed by atoms with Crippen LogP contribution < -0.4 is 0 Å². The van der Waals surface area contributed by atoms with Crippen molar-refractivity contribution in [3.05, 3.63) is 59.4 Å². The summed E-state index contributed by atoms with van der Waals surface area (Å²) in [7, 11) is 0. The Morgan fingerprint density at radius 3 is 2.59 bits per heavy atom. The van der Waals surface area contributed by atoms with Crippen LogP contribution >= 0.6 is 23.2 Å². The van der Waals surface area contributed by atoms with Crippen molar-refractivity contribution >= 4 is 29.1 Å². The first kappa shape index (κ1) is 15.4. The van der Waals surface area contributed by atoms with Gasteiger partial charge in [-0.3, -0.25) is 4.79 Å². The molecular weight excluding hydrogens is 319 g/mol. The van der Waals surface area contributed by atoms with E-state index in [1.165, 1.54) is 5.56 Å². The molecule has 2 heterocycles. The van der Waals surface area contributed by atoms with Crippen LogP contribution in [0.3, 0.4) is 0 Å². The molecule has 0 aliphatic carbocycles. The second-order valence-electron chi connectivity index (χ2n) is 5.63. The first-order chi connectivity index (χ1) is 10.6. The van der Waals surface area contributed by atoms with E-state index in [1.54, 1.807) is 4.90 Å². The highest BCUT2D eigenvalue weighted by molar-refractivity contribution is 6.53. The molecule has 3 rings (SSSR count). The molecule has 0 saturated carbocycles. The lowest BCUT2D eigenvalue weighted by Crippen LogP contribution is -2.38. The first-order valence-electron chi connectivity index (χ1n) is 7.38. The molecular formula is C17H18Cl2N2O. The third-order valence-electron chi connectivity index (χ3n) is 4.12. The van der Waals surface area contributed by atoms with E-state index < -0.39 is 4.84 Å². The molecule has 1 unspecified atom stereocenters. The van der Waals surface area contributed by atoms with Crippen molar-refractivity contribution in [1.29, 1.82) is 0 Å². The van der Waals surface area contributed by atoms with E-state index >= 15 is 0 Å². The van der Waals surface area contributed by atoms with Crippen molar-refractivity contribution in [1.82, 2.24) is 9.47 Å². The van der Waals surface area contributed by atoms with Gasteiger partial charge in [0.1, 0.15) is 0 Å². The molecule has 5 heteroatoms. The summed E-state index contributed by atoms with van der Waals surface area (Å²) in [5, 5.41) is 0. The molecule has 1 amide bonds. The van der Waals surface area contributed by atoms with Crippen LogP contribution in [0.4, 0.5) is 0 Å². The molecule has 3 nitrogen and oxygen atoms in total. The maximum Gasteiger partial charge on any atom is 0.256 e. The van der Waals surface area contributed by atoms with Crippen molar-refractivity contribution in [2.45, 2.75) is 30.8 Å². The van der Waals surface area contributed by atoms with Gasteiger partial charge in [-0.1, -0.05) is 53.0 Å². The molecule has 0 fully saturated rings. The first-order valence-corrected chi connectivity index (χ1v) is 8.25. The molecule has 22 heavy (non-hydrogen) atoms. The van der Waals surface area contributed by atoms with E-state index in [4.69, 9.17) is 23.2 Å². The Balaban J connectivity index is 2.09. The summed E-state index contributed by atoms with van der Waals surface area (Å²) < 4.78 is 2.20. The molecule has 116 valence electrons. The highest BCUT2D eigenvalue weighted by Crippen LogP contribution is 2.33. The van der Waals surface area contributed by atoms with E-state index in [0.29, 0.717) is 6.54 Å². The Bertz CT molecular complexity index is 664. The van der Waals surface area contributed by atoms with Gasteiger partial charge in [0.05, 0.1) is 6.04 Å². The monoisotopic (exact) mass is 336 g/mol. The van der Waals surface area contributed by atoms with Gasteiger partial charge in [-0.05, 0) is 31.0 Å². The minimum absolute atomic E-state index is 0.148. The molecule has 1 aromatic carbocycles. The quantitative estimate of drug-likeness (QED) is 0.763. The van der Waals surface area contributed by atoms with Crippen LogP contribution in [0, 0.1) is 6.92 Å². The molecule has 0 bridgehead atoms. The maximum absolute atomic E-state index is 12.5. The average Bonchev–Trinajstić information content (AvgIpc) is 2.88. The minimum Gasteiger partial charge on any atom is -0.349 e. The summed E-state index contributed by atoms with van der Waals surface area (Å²) in [5.74, 6) is -0.233. The molecule has 2 aromatic rings. The summed E-state index contributed by atoms with van der Waals surface area (Å²) in [6, 6.07) is 12.2. The van der Waals surface area contributed by atoms with Crippen LogP contribution in [0.2, 0.25) is 0 Å². The number of hydrogen-bond donors (Lipinski definition) is 0. The number of carbonyl (C=O) groups excluding carboxylic acids is 1. The smallest absolute Gasteiger partial charge is 0.256 e. The summed E-state index contributed by atoms with van der Waals surface area (Å²) in [4.78, 5) is 13.3. The topological polar surface area (TPSA) is 25.2 Å². The zero-order valence-corrected chi connectivity index (χ0v) is 13.9. The van der Waals surface area contributed by atoms with E-state index in [1.807, 2.05) is 6.07 Å². The summed E-state index contributed by atoms with van der Waals surface area (Å²) in [6.45, 7) is 3.59. The number of rotatable bonds is 2. The second kappa shape index (κ2) is 6.35. The predicted molar refractivity (Wildman–Crippen MR) is 89.3 cm³/mol. The van der Waals surface area contributed by atoms with Crippen molar-refractivity contribution < 1.29 is 4.79 Å². The Morgan fingerprint density at radius 2 is 1.91 bits per heavy atom. The van der Waals surface area contributed by atoms with Gasteiger partial charge in [0.2, 0.25) is 0 Å². The van der Waals surface area contributed by atoms with Crippen molar-refractivity contribution in [2.75, 3.05) is 6.54 Å². The van der Waals surface area contributed by atoms with Gasteiger partial charge in [0, 0.05) is 25.0 Å². The van der Waals surface area contributed by atoms with Crippen LogP contribution in [-0.4, -0.2) is 26.8 Å². The molecule has 0 spiro atoms. The minimum atomic E-state index is -1.03. The van der Waals surface area contributed by atoms with Gasteiger partial charge < -0.3 is 9.47 Å². The maximum atomic E-state index is 12.5. The zero-order valence-electron chi connectivity index (χ0n) is 12.4. The van der Waals surface area contributed by atoms with Crippen molar-refractivity contribution in [3.63, 3.8) is 0 Å². The number of fused-ring (bicyclic) bond motifs is 1. The van der Waals surface area contributed by atoms with Gasteiger partial charge >= 0.3 is 0 Å². The Labute approximate surface area is 140 Å². The average molecular weight is 337 g/mol. The normalized spacial score (nSPS) is 18.2. The highest BCUT2D eigenvalue weighted by atomic mass is 35.5. The predicted octanol–water partition coefficient (Wildman–Crippen LogP) is 3.92. The van der Waals surface area contributed by atoms with Crippen molar-refractivity contribution in [3.8, 4) is 0 Å². The Hall–Kier alpha value is -1.45. The summed E-state index contributed by atoms with van der Waals surface area (Å²) >= 11 is 11.7. The molecule has 0 radical (unpaired) electrons. The largest absolute Gasteiger partial charge is 0.349 e. The van der Waals surface area contributed by atoms with E-state index in [9.17, 15) is 4.79 Å². The number of halogens is 2. The Morgan fingerprint density at radius 1 is 1.18 bits per heavy atom. The molecule has 0 saturated heterocycles. The van der Waals surface area contributed by atoms with E-state index in [-0.39, 0.29) is 11.9 Å². The van der Waals surface area contributed by atoms with E-state index in [2.05, 4.69) is 48.0 Å². The lowest BCUT2D eigenvalue weighted by molar-refractivity contribution is -0.131. The molecule has 1 aliphatic rings. The van der Waals surface area contributed by atoms with Gasteiger partial charge in [-0.25, -0.2) is 0 Å².